The third-order valence-electron chi connectivity index (χ3n) is 4.86. The Morgan fingerprint density at radius 2 is 1.67 bits per heavy atom. The SMILES string of the molecule is CCN(CC)C(=O)c1ccc(C(=O)N2CCC(OCCCN)CC2)cc1.Cl. The summed E-state index contributed by atoms with van der Waals surface area (Å²) in [7, 11) is 0. The van der Waals surface area contributed by atoms with Gasteiger partial charge in [-0.15, -0.1) is 12.4 Å². The highest BCUT2D eigenvalue weighted by atomic mass is 35.5. The van der Waals surface area contributed by atoms with Crippen LogP contribution in [0.2, 0.25) is 0 Å². The van der Waals surface area contributed by atoms with E-state index in [0.717, 1.165) is 19.3 Å². The van der Waals surface area contributed by atoms with E-state index in [1.54, 1.807) is 29.2 Å². The first kappa shape index (κ1) is 23.4. The lowest BCUT2D eigenvalue weighted by Gasteiger charge is -2.32. The lowest BCUT2D eigenvalue weighted by molar-refractivity contribution is 0.00844. The van der Waals surface area contributed by atoms with Gasteiger partial charge in [0.1, 0.15) is 0 Å². The molecule has 0 saturated carbocycles. The van der Waals surface area contributed by atoms with E-state index < -0.39 is 0 Å². The summed E-state index contributed by atoms with van der Waals surface area (Å²) in [5.41, 5.74) is 6.73. The van der Waals surface area contributed by atoms with E-state index >= 15 is 0 Å². The number of rotatable bonds is 8. The van der Waals surface area contributed by atoms with Gasteiger partial charge in [0.2, 0.25) is 0 Å². The number of hydrogen-bond acceptors (Lipinski definition) is 4. The monoisotopic (exact) mass is 397 g/mol. The molecule has 7 heteroatoms. The van der Waals surface area contributed by atoms with Crippen LogP contribution in [0, 0.1) is 0 Å². The summed E-state index contributed by atoms with van der Waals surface area (Å²) in [4.78, 5) is 28.6. The number of hydrogen-bond donors (Lipinski definition) is 1. The van der Waals surface area contributed by atoms with Crippen LogP contribution in [0.5, 0.6) is 0 Å². The van der Waals surface area contributed by atoms with Crippen LogP contribution in [0.25, 0.3) is 0 Å². The fraction of sp³-hybridized carbons (Fsp3) is 0.600. The summed E-state index contributed by atoms with van der Waals surface area (Å²) in [6, 6.07) is 7.00. The summed E-state index contributed by atoms with van der Waals surface area (Å²) in [6.07, 6.45) is 2.81. The van der Waals surface area contributed by atoms with Crippen molar-refractivity contribution in [3.63, 3.8) is 0 Å². The van der Waals surface area contributed by atoms with Crippen molar-refractivity contribution in [1.82, 2.24) is 9.80 Å². The lowest BCUT2D eigenvalue weighted by Crippen LogP contribution is -2.41. The standard InChI is InChI=1S/C20H31N3O3.ClH/c1-3-22(4-2)19(24)16-6-8-17(9-7-16)20(25)23-13-10-18(11-14-23)26-15-5-12-21;/h6-9,18H,3-5,10-15,21H2,1-2H3;1H. The smallest absolute Gasteiger partial charge is 0.253 e. The maximum absolute atomic E-state index is 12.7. The summed E-state index contributed by atoms with van der Waals surface area (Å²) in [6.45, 7) is 8.02. The summed E-state index contributed by atoms with van der Waals surface area (Å²) in [5, 5.41) is 0. The second-order valence-corrected chi connectivity index (χ2v) is 6.56. The lowest BCUT2D eigenvalue weighted by atomic mass is 10.0. The first-order chi connectivity index (χ1) is 12.6. The van der Waals surface area contributed by atoms with Gasteiger partial charge < -0.3 is 20.3 Å². The van der Waals surface area contributed by atoms with Gasteiger partial charge in [-0.25, -0.2) is 0 Å². The number of nitrogens with zero attached hydrogens (tertiary/aromatic N) is 2. The molecule has 0 aliphatic carbocycles. The molecule has 152 valence electrons. The highest BCUT2D eigenvalue weighted by molar-refractivity contribution is 5.97. The second kappa shape index (κ2) is 12.0. The molecule has 1 aliphatic rings. The minimum Gasteiger partial charge on any atom is -0.378 e. The van der Waals surface area contributed by atoms with Gasteiger partial charge in [-0.1, -0.05) is 0 Å². The zero-order valence-electron chi connectivity index (χ0n) is 16.4. The average molecular weight is 398 g/mol. The van der Waals surface area contributed by atoms with E-state index in [9.17, 15) is 9.59 Å². The highest BCUT2D eigenvalue weighted by Crippen LogP contribution is 2.17. The Bertz CT molecular complexity index is 583. The minimum absolute atomic E-state index is 0. The van der Waals surface area contributed by atoms with Gasteiger partial charge in [-0.3, -0.25) is 9.59 Å². The number of carbonyl (C=O) groups excluding carboxylic acids is 2. The van der Waals surface area contributed by atoms with Crippen LogP contribution in [-0.2, 0) is 4.74 Å². The Morgan fingerprint density at radius 3 is 2.19 bits per heavy atom. The molecular formula is C20H32ClN3O3. The van der Waals surface area contributed by atoms with Crippen molar-refractivity contribution in [3.05, 3.63) is 35.4 Å². The molecule has 1 aliphatic heterocycles. The van der Waals surface area contributed by atoms with Crippen LogP contribution < -0.4 is 5.73 Å². The number of ether oxygens (including phenoxy) is 1. The van der Waals surface area contributed by atoms with Gasteiger partial charge >= 0.3 is 0 Å². The molecule has 1 fully saturated rings. The largest absolute Gasteiger partial charge is 0.378 e. The molecule has 1 heterocycles. The van der Waals surface area contributed by atoms with E-state index in [1.165, 1.54) is 0 Å². The molecule has 0 bridgehead atoms. The number of benzene rings is 1. The molecule has 2 amide bonds. The Kier molecular flexibility index (Phi) is 10.4. The van der Waals surface area contributed by atoms with E-state index in [4.69, 9.17) is 10.5 Å². The van der Waals surface area contributed by atoms with Crippen molar-refractivity contribution < 1.29 is 14.3 Å². The van der Waals surface area contributed by atoms with Crippen molar-refractivity contribution in [1.29, 1.82) is 0 Å². The minimum atomic E-state index is 0. The predicted octanol–water partition coefficient (Wildman–Crippen LogP) is 2.56. The van der Waals surface area contributed by atoms with Crippen LogP contribution in [0.1, 0.15) is 53.8 Å². The Labute approximate surface area is 168 Å². The first-order valence-electron chi connectivity index (χ1n) is 9.61. The topological polar surface area (TPSA) is 75.9 Å². The molecular weight excluding hydrogens is 366 g/mol. The predicted molar refractivity (Wildman–Crippen MR) is 109 cm³/mol. The van der Waals surface area contributed by atoms with E-state index in [2.05, 4.69) is 0 Å². The van der Waals surface area contributed by atoms with Crippen LogP contribution in [0.3, 0.4) is 0 Å². The van der Waals surface area contributed by atoms with Crippen molar-refractivity contribution in [2.75, 3.05) is 39.3 Å². The first-order valence-corrected chi connectivity index (χ1v) is 9.61. The second-order valence-electron chi connectivity index (χ2n) is 6.56. The van der Waals surface area contributed by atoms with Crippen molar-refractivity contribution in [2.45, 2.75) is 39.2 Å². The number of carbonyl (C=O) groups is 2. The fourth-order valence-corrected chi connectivity index (χ4v) is 3.19. The van der Waals surface area contributed by atoms with Crippen molar-refractivity contribution in [2.24, 2.45) is 5.73 Å². The zero-order valence-corrected chi connectivity index (χ0v) is 17.2. The van der Waals surface area contributed by atoms with Gasteiger partial charge in [0, 0.05) is 43.9 Å². The number of halogens is 1. The summed E-state index contributed by atoms with van der Waals surface area (Å²) < 4.78 is 5.78. The number of likely N-dealkylation sites (tertiary alicyclic amines) is 1. The van der Waals surface area contributed by atoms with Gasteiger partial charge in [-0.2, -0.15) is 0 Å². The molecule has 1 aromatic carbocycles. The van der Waals surface area contributed by atoms with Crippen LogP contribution in [0.4, 0.5) is 0 Å². The maximum atomic E-state index is 12.7. The molecule has 2 N–H and O–H groups in total. The Balaban J connectivity index is 0.00000364. The van der Waals surface area contributed by atoms with Crippen LogP contribution in [-0.4, -0.2) is 67.0 Å². The van der Waals surface area contributed by atoms with Gasteiger partial charge in [0.15, 0.2) is 0 Å². The maximum Gasteiger partial charge on any atom is 0.253 e. The molecule has 1 aromatic rings. The third-order valence-corrected chi connectivity index (χ3v) is 4.86. The Morgan fingerprint density at radius 1 is 1.11 bits per heavy atom. The average Bonchev–Trinajstić information content (AvgIpc) is 2.69. The molecule has 6 nitrogen and oxygen atoms in total. The van der Waals surface area contributed by atoms with Crippen LogP contribution in [0.15, 0.2) is 24.3 Å². The number of piperidine rings is 1. The van der Waals surface area contributed by atoms with Crippen LogP contribution >= 0.6 is 12.4 Å². The van der Waals surface area contributed by atoms with E-state index in [1.807, 2.05) is 18.7 Å². The zero-order chi connectivity index (χ0) is 18.9. The highest BCUT2D eigenvalue weighted by Gasteiger charge is 2.24. The summed E-state index contributed by atoms with van der Waals surface area (Å²) >= 11 is 0. The molecule has 27 heavy (non-hydrogen) atoms. The molecule has 1 saturated heterocycles. The van der Waals surface area contributed by atoms with E-state index in [-0.39, 0.29) is 30.3 Å². The van der Waals surface area contributed by atoms with E-state index in [0.29, 0.717) is 50.5 Å². The normalized spacial score (nSPS) is 14.6. The Hall–Kier alpha value is -1.63. The van der Waals surface area contributed by atoms with Crippen molar-refractivity contribution >= 4 is 24.2 Å². The van der Waals surface area contributed by atoms with Gasteiger partial charge in [-0.05, 0) is 63.9 Å². The molecule has 2 rings (SSSR count). The molecule has 0 unspecified atom stereocenters. The molecule has 0 aromatic heterocycles. The quantitative estimate of drug-likeness (QED) is 0.684. The number of nitrogens with two attached hydrogens (primary N) is 1. The van der Waals surface area contributed by atoms with Gasteiger partial charge in [0.05, 0.1) is 6.10 Å². The molecule has 0 atom stereocenters. The van der Waals surface area contributed by atoms with Gasteiger partial charge in [0.25, 0.3) is 11.8 Å². The third kappa shape index (κ3) is 6.48. The number of amides is 2. The summed E-state index contributed by atoms with van der Waals surface area (Å²) in [5.74, 6) is 0.0247. The van der Waals surface area contributed by atoms with Crippen molar-refractivity contribution in [3.8, 4) is 0 Å². The molecule has 0 spiro atoms. The fourth-order valence-electron chi connectivity index (χ4n) is 3.19. The molecule has 0 radical (unpaired) electrons.